The fraction of sp³-hybridized carbons (Fsp3) is 0.429. The topological polar surface area (TPSA) is 69.7 Å². The molecule has 0 radical (unpaired) electrons. The average molecular weight is 372 g/mol. The summed E-state index contributed by atoms with van der Waals surface area (Å²) in [5.74, 6) is 1.19. The second kappa shape index (κ2) is 9.92. The van der Waals surface area contributed by atoms with Crippen LogP contribution in [0.15, 0.2) is 36.5 Å². The number of benzene rings is 1. The number of aromatic nitrogens is 1. The molecule has 146 valence electrons. The number of carbonyl (C=O) groups excluding carboxylic acids is 1. The molecule has 6 nitrogen and oxygen atoms in total. The third kappa shape index (κ3) is 5.96. The van der Waals surface area contributed by atoms with E-state index in [0.29, 0.717) is 36.4 Å². The molecular weight excluding hydrogens is 344 g/mol. The highest BCUT2D eigenvalue weighted by Gasteiger charge is 2.18. The summed E-state index contributed by atoms with van der Waals surface area (Å²) >= 11 is 0. The summed E-state index contributed by atoms with van der Waals surface area (Å²) in [6, 6.07) is 9.56. The van der Waals surface area contributed by atoms with Crippen molar-refractivity contribution in [2.45, 2.75) is 39.7 Å². The van der Waals surface area contributed by atoms with Gasteiger partial charge in [-0.1, -0.05) is 26.0 Å². The Labute approximate surface area is 160 Å². The standard InChI is InChI=1S/C21H28N2O4/c1-14(2)17-9-8-15(3)19(13-17)27-16(4)20(24)23-18-7-6-10-22-21(18)26-12-11-25-5/h6-10,13-14,16H,11-12H2,1-5H3,(H,23,24). The number of methoxy groups -OCH3 is 1. The van der Waals surface area contributed by atoms with E-state index in [2.05, 4.69) is 30.2 Å². The first-order chi connectivity index (χ1) is 12.9. The second-order valence-corrected chi connectivity index (χ2v) is 6.63. The van der Waals surface area contributed by atoms with Crippen molar-refractivity contribution >= 4 is 11.6 Å². The molecule has 0 spiro atoms. The molecule has 1 amide bonds. The van der Waals surface area contributed by atoms with Crippen molar-refractivity contribution in [3.05, 3.63) is 47.7 Å². The molecule has 1 heterocycles. The summed E-state index contributed by atoms with van der Waals surface area (Å²) < 4.78 is 16.4. The molecule has 1 aromatic carbocycles. The van der Waals surface area contributed by atoms with E-state index in [9.17, 15) is 4.79 Å². The van der Waals surface area contributed by atoms with E-state index in [1.165, 1.54) is 5.56 Å². The van der Waals surface area contributed by atoms with Crippen LogP contribution in [0.5, 0.6) is 11.6 Å². The van der Waals surface area contributed by atoms with Gasteiger partial charge in [0.25, 0.3) is 5.91 Å². The molecule has 0 saturated carbocycles. The minimum absolute atomic E-state index is 0.269. The Bertz CT molecular complexity index is 762. The van der Waals surface area contributed by atoms with Crippen LogP contribution < -0.4 is 14.8 Å². The van der Waals surface area contributed by atoms with Crippen LogP contribution in [0.25, 0.3) is 0 Å². The number of carbonyl (C=O) groups is 1. The van der Waals surface area contributed by atoms with Gasteiger partial charge in [-0.15, -0.1) is 0 Å². The zero-order chi connectivity index (χ0) is 19.8. The van der Waals surface area contributed by atoms with Gasteiger partial charge in [-0.25, -0.2) is 4.98 Å². The van der Waals surface area contributed by atoms with Gasteiger partial charge in [0, 0.05) is 13.3 Å². The molecule has 1 atom stereocenters. The fourth-order valence-corrected chi connectivity index (χ4v) is 2.40. The Balaban J connectivity index is 2.05. The molecule has 2 aromatic rings. The molecule has 27 heavy (non-hydrogen) atoms. The lowest BCUT2D eigenvalue weighted by Crippen LogP contribution is -2.30. The van der Waals surface area contributed by atoms with E-state index < -0.39 is 6.10 Å². The van der Waals surface area contributed by atoms with Crippen LogP contribution in [-0.2, 0) is 9.53 Å². The van der Waals surface area contributed by atoms with Gasteiger partial charge in [0.1, 0.15) is 18.0 Å². The van der Waals surface area contributed by atoms with Crippen LogP contribution in [0.2, 0.25) is 0 Å². The molecule has 0 aliphatic rings. The molecule has 0 fully saturated rings. The summed E-state index contributed by atoms with van der Waals surface area (Å²) in [5, 5.41) is 2.82. The van der Waals surface area contributed by atoms with Crippen molar-refractivity contribution in [1.82, 2.24) is 4.98 Å². The number of amides is 1. The Morgan fingerprint density at radius 1 is 1.19 bits per heavy atom. The largest absolute Gasteiger partial charge is 0.481 e. The molecule has 0 saturated heterocycles. The predicted octanol–water partition coefficient (Wildman–Crippen LogP) is 3.94. The monoisotopic (exact) mass is 372 g/mol. The van der Waals surface area contributed by atoms with E-state index in [-0.39, 0.29) is 5.91 Å². The SMILES string of the molecule is COCCOc1ncccc1NC(=O)C(C)Oc1cc(C(C)C)ccc1C. The number of hydrogen-bond acceptors (Lipinski definition) is 5. The van der Waals surface area contributed by atoms with Gasteiger partial charge in [0.15, 0.2) is 6.10 Å². The fourth-order valence-electron chi connectivity index (χ4n) is 2.40. The Hall–Kier alpha value is -2.60. The first kappa shape index (κ1) is 20.7. The highest BCUT2D eigenvalue weighted by atomic mass is 16.5. The highest BCUT2D eigenvalue weighted by Crippen LogP contribution is 2.26. The van der Waals surface area contributed by atoms with E-state index in [4.69, 9.17) is 14.2 Å². The van der Waals surface area contributed by atoms with E-state index in [1.54, 1.807) is 32.4 Å². The number of nitrogens with one attached hydrogen (secondary N) is 1. The van der Waals surface area contributed by atoms with Gasteiger partial charge in [-0.05, 0) is 49.1 Å². The normalized spacial score (nSPS) is 11.9. The van der Waals surface area contributed by atoms with Gasteiger partial charge in [-0.3, -0.25) is 4.79 Å². The summed E-state index contributed by atoms with van der Waals surface area (Å²) in [4.78, 5) is 16.7. The highest BCUT2D eigenvalue weighted by molar-refractivity contribution is 5.95. The second-order valence-electron chi connectivity index (χ2n) is 6.63. The molecule has 1 N–H and O–H groups in total. The lowest BCUT2D eigenvalue weighted by Gasteiger charge is -2.18. The molecule has 1 unspecified atom stereocenters. The lowest BCUT2D eigenvalue weighted by atomic mass is 10.0. The first-order valence-electron chi connectivity index (χ1n) is 9.07. The van der Waals surface area contributed by atoms with Gasteiger partial charge >= 0.3 is 0 Å². The number of pyridine rings is 1. The molecule has 0 aliphatic carbocycles. The van der Waals surface area contributed by atoms with E-state index >= 15 is 0 Å². The van der Waals surface area contributed by atoms with Crippen LogP contribution in [0.1, 0.15) is 37.8 Å². The third-order valence-electron chi connectivity index (χ3n) is 4.11. The Morgan fingerprint density at radius 2 is 1.96 bits per heavy atom. The summed E-state index contributed by atoms with van der Waals surface area (Å²) in [7, 11) is 1.60. The molecule has 6 heteroatoms. The smallest absolute Gasteiger partial charge is 0.265 e. The van der Waals surface area contributed by atoms with Crippen molar-refractivity contribution in [2.75, 3.05) is 25.6 Å². The average Bonchev–Trinajstić information content (AvgIpc) is 2.64. The molecule has 0 bridgehead atoms. The first-order valence-corrected chi connectivity index (χ1v) is 9.07. The molecular formula is C21H28N2O4. The molecule has 2 rings (SSSR count). The van der Waals surface area contributed by atoms with Crippen molar-refractivity contribution in [1.29, 1.82) is 0 Å². The van der Waals surface area contributed by atoms with E-state index in [0.717, 1.165) is 5.56 Å². The van der Waals surface area contributed by atoms with Crippen LogP contribution in [0, 0.1) is 6.92 Å². The Morgan fingerprint density at radius 3 is 2.67 bits per heavy atom. The zero-order valence-electron chi connectivity index (χ0n) is 16.6. The summed E-state index contributed by atoms with van der Waals surface area (Å²) in [6.07, 6.45) is 0.941. The minimum atomic E-state index is -0.668. The maximum absolute atomic E-state index is 12.6. The quantitative estimate of drug-likeness (QED) is 0.675. The number of anilines is 1. The van der Waals surface area contributed by atoms with Crippen LogP contribution in [0.4, 0.5) is 5.69 Å². The zero-order valence-corrected chi connectivity index (χ0v) is 16.6. The number of aryl methyl sites for hydroxylation is 1. The predicted molar refractivity (Wildman–Crippen MR) is 106 cm³/mol. The van der Waals surface area contributed by atoms with Crippen molar-refractivity contribution in [3.63, 3.8) is 0 Å². The van der Waals surface area contributed by atoms with Gasteiger partial charge in [0.05, 0.1) is 6.61 Å². The summed E-state index contributed by atoms with van der Waals surface area (Å²) in [6.45, 7) is 8.72. The van der Waals surface area contributed by atoms with Crippen molar-refractivity contribution in [2.24, 2.45) is 0 Å². The maximum atomic E-state index is 12.6. The number of hydrogen-bond donors (Lipinski definition) is 1. The number of ether oxygens (including phenoxy) is 3. The lowest BCUT2D eigenvalue weighted by molar-refractivity contribution is -0.122. The van der Waals surface area contributed by atoms with E-state index in [1.807, 2.05) is 19.1 Å². The van der Waals surface area contributed by atoms with Crippen molar-refractivity contribution in [3.8, 4) is 11.6 Å². The molecule has 1 aromatic heterocycles. The van der Waals surface area contributed by atoms with Gasteiger partial charge < -0.3 is 19.5 Å². The number of nitrogens with zero attached hydrogens (tertiary/aromatic N) is 1. The minimum Gasteiger partial charge on any atom is -0.481 e. The maximum Gasteiger partial charge on any atom is 0.265 e. The third-order valence-corrected chi connectivity index (χ3v) is 4.11. The van der Waals surface area contributed by atoms with Crippen LogP contribution in [0.3, 0.4) is 0 Å². The number of rotatable bonds is 9. The van der Waals surface area contributed by atoms with Crippen LogP contribution in [-0.4, -0.2) is 37.3 Å². The summed E-state index contributed by atoms with van der Waals surface area (Å²) in [5.41, 5.74) is 2.66. The van der Waals surface area contributed by atoms with Crippen molar-refractivity contribution < 1.29 is 19.0 Å². The van der Waals surface area contributed by atoms with Gasteiger partial charge in [-0.2, -0.15) is 0 Å². The molecule has 0 aliphatic heterocycles. The Kier molecular flexibility index (Phi) is 7.61. The van der Waals surface area contributed by atoms with Crippen LogP contribution >= 0.6 is 0 Å². The van der Waals surface area contributed by atoms with Gasteiger partial charge in [0.2, 0.25) is 5.88 Å².